The van der Waals surface area contributed by atoms with Crippen LogP contribution in [0.2, 0.25) is 0 Å². The number of ether oxygens (including phenoxy) is 1. The topological polar surface area (TPSA) is 67.4 Å². The van der Waals surface area contributed by atoms with E-state index in [0.717, 1.165) is 5.56 Å². The van der Waals surface area contributed by atoms with Gasteiger partial charge in [0, 0.05) is 5.69 Å². The van der Waals surface area contributed by atoms with Gasteiger partial charge in [0.15, 0.2) is 5.75 Å². The van der Waals surface area contributed by atoms with Gasteiger partial charge in [0.25, 0.3) is 0 Å². The van der Waals surface area contributed by atoms with Gasteiger partial charge in [-0.15, -0.1) is 0 Å². The van der Waals surface area contributed by atoms with Crippen molar-refractivity contribution in [1.29, 1.82) is 0 Å². The Labute approximate surface area is 151 Å². The van der Waals surface area contributed by atoms with Crippen LogP contribution in [0.1, 0.15) is 5.56 Å². The summed E-state index contributed by atoms with van der Waals surface area (Å²) in [6, 6.07) is 23.4. The molecule has 0 aliphatic heterocycles. The van der Waals surface area contributed by atoms with E-state index < -0.39 is 11.8 Å². The van der Waals surface area contributed by atoms with Crippen LogP contribution in [0, 0.1) is 6.92 Å². The zero-order valence-corrected chi connectivity index (χ0v) is 14.2. The van der Waals surface area contributed by atoms with E-state index in [1.165, 1.54) is 0 Å². The SMILES string of the molecule is Cc1ccccc1NC(=O)C(=O)Nc1ccccc1Oc1ccccc1. The number of carbonyl (C=O) groups excluding carboxylic acids is 2. The number of carbonyl (C=O) groups is 2. The highest BCUT2D eigenvalue weighted by Gasteiger charge is 2.17. The highest BCUT2D eigenvalue weighted by Crippen LogP contribution is 2.29. The first kappa shape index (κ1) is 17.2. The zero-order valence-electron chi connectivity index (χ0n) is 14.2. The molecule has 3 aromatic rings. The third-order valence-electron chi connectivity index (χ3n) is 3.71. The average molecular weight is 346 g/mol. The molecule has 130 valence electrons. The molecule has 0 bridgehead atoms. The minimum Gasteiger partial charge on any atom is -0.455 e. The molecule has 0 saturated heterocycles. The van der Waals surface area contributed by atoms with Crippen LogP contribution in [0.4, 0.5) is 11.4 Å². The highest BCUT2D eigenvalue weighted by atomic mass is 16.5. The van der Waals surface area contributed by atoms with Crippen molar-refractivity contribution in [1.82, 2.24) is 0 Å². The third-order valence-corrected chi connectivity index (χ3v) is 3.71. The van der Waals surface area contributed by atoms with E-state index in [2.05, 4.69) is 10.6 Å². The van der Waals surface area contributed by atoms with Crippen LogP contribution in [0.15, 0.2) is 78.9 Å². The minimum atomic E-state index is -0.766. The number of anilines is 2. The lowest BCUT2D eigenvalue weighted by atomic mass is 10.2. The maximum Gasteiger partial charge on any atom is 0.314 e. The molecule has 0 unspecified atom stereocenters. The molecule has 5 heteroatoms. The molecule has 26 heavy (non-hydrogen) atoms. The van der Waals surface area contributed by atoms with Gasteiger partial charge >= 0.3 is 11.8 Å². The van der Waals surface area contributed by atoms with Crippen molar-refractivity contribution in [3.8, 4) is 11.5 Å². The van der Waals surface area contributed by atoms with Crippen molar-refractivity contribution in [2.45, 2.75) is 6.92 Å². The van der Waals surface area contributed by atoms with Crippen LogP contribution in [0.25, 0.3) is 0 Å². The predicted octanol–water partition coefficient (Wildman–Crippen LogP) is 4.36. The Balaban J connectivity index is 1.71. The van der Waals surface area contributed by atoms with E-state index >= 15 is 0 Å². The number of benzene rings is 3. The quantitative estimate of drug-likeness (QED) is 0.690. The summed E-state index contributed by atoms with van der Waals surface area (Å²) in [5.41, 5.74) is 1.89. The second-order valence-corrected chi connectivity index (χ2v) is 5.63. The molecule has 3 aromatic carbocycles. The summed E-state index contributed by atoms with van der Waals surface area (Å²) in [5, 5.41) is 5.20. The highest BCUT2D eigenvalue weighted by molar-refractivity contribution is 6.43. The molecule has 0 atom stereocenters. The van der Waals surface area contributed by atoms with Crippen LogP contribution >= 0.6 is 0 Å². The number of aryl methyl sites for hydroxylation is 1. The lowest BCUT2D eigenvalue weighted by Crippen LogP contribution is -2.29. The van der Waals surface area contributed by atoms with Gasteiger partial charge in [-0.05, 0) is 42.8 Å². The van der Waals surface area contributed by atoms with Crippen LogP contribution < -0.4 is 15.4 Å². The molecule has 0 aliphatic carbocycles. The fourth-order valence-corrected chi connectivity index (χ4v) is 2.35. The Morgan fingerprint density at radius 1 is 0.692 bits per heavy atom. The monoisotopic (exact) mass is 346 g/mol. The molecule has 5 nitrogen and oxygen atoms in total. The summed E-state index contributed by atoms with van der Waals surface area (Å²) in [5.74, 6) is -0.416. The number of para-hydroxylation sites is 4. The molecule has 3 rings (SSSR count). The first-order chi connectivity index (χ1) is 12.6. The van der Waals surface area contributed by atoms with Crippen molar-refractivity contribution in [2.75, 3.05) is 10.6 Å². The summed E-state index contributed by atoms with van der Waals surface area (Å²) in [7, 11) is 0. The second kappa shape index (κ2) is 7.98. The van der Waals surface area contributed by atoms with Gasteiger partial charge in [-0.3, -0.25) is 9.59 Å². The Kier molecular flexibility index (Phi) is 5.29. The second-order valence-electron chi connectivity index (χ2n) is 5.63. The number of amides is 2. The lowest BCUT2D eigenvalue weighted by molar-refractivity contribution is -0.133. The van der Waals surface area contributed by atoms with E-state index in [-0.39, 0.29) is 0 Å². The fraction of sp³-hybridized carbons (Fsp3) is 0.0476. The third kappa shape index (κ3) is 4.27. The van der Waals surface area contributed by atoms with E-state index in [1.807, 2.05) is 49.4 Å². The van der Waals surface area contributed by atoms with Crippen LogP contribution in [0.3, 0.4) is 0 Å². The predicted molar refractivity (Wildman–Crippen MR) is 101 cm³/mol. The van der Waals surface area contributed by atoms with Gasteiger partial charge in [0.1, 0.15) is 5.75 Å². The van der Waals surface area contributed by atoms with E-state index in [1.54, 1.807) is 36.4 Å². The van der Waals surface area contributed by atoms with E-state index in [0.29, 0.717) is 22.9 Å². The molecule has 2 amide bonds. The molecule has 0 aromatic heterocycles. The smallest absolute Gasteiger partial charge is 0.314 e. The summed E-state index contributed by atoms with van der Waals surface area (Å²) >= 11 is 0. The minimum absolute atomic E-state index is 0.418. The van der Waals surface area contributed by atoms with Crippen LogP contribution in [-0.2, 0) is 9.59 Å². The van der Waals surface area contributed by atoms with E-state index in [4.69, 9.17) is 4.74 Å². The van der Waals surface area contributed by atoms with Gasteiger partial charge < -0.3 is 15.4 Å². The number of nitrogens with one attached hydrogen (secondary N) is 2. The molecule has 0 heterocycles. The van der Waals surface area contributed by atoms with Crippen molar-refractivity contribution < 1.29 is 14.3 Å². The van der Waals surface area contributed by atoms with Gasteiger partial charge in [0.2, 0.25) is 0 Å². The van der Waals surface area contributed by atoms with Crippen molar-refractivity contribution in [2.24, 2.45) is 0 Å². The van der Waals surface area contributed by atoms with Crippen molar-refractivity contribution >= 4 is 23.2 Å². The maximum absolute atomic E-state index is 12.3. The summed E-state index contributed by atoms with van der Waals surface area (Å²) < 4.78 is 5.78. The normalized spacial score (nSPS) is 10.0. The molecule has 0 spiro atoms. The molecule has 0 fully saturated rings. The summed E-state index contributed by atoms with van der Waals surface area (Å²) in [6.07, 6.45) is 0. The zero-order chi connectivity index (χ0) is 18.4. The fourth-order valence-electron chi connectivity index (χ4n) is 2.35. The van der Waals surface area contributed by atoms with Gasteiger partial charge in [-0.25, -0.2) is 0 Å². The molecular weight excluding hydrogens is 328 g/mol. The Morgan fingerprint density at radius 2 is 1.23 bits per heavy atom. The molecule has 0 saturated carbocycles. The molecule has 0 aliphatic rings. The molecule has 0 radical (unpaired) electrons. The van der Waals surface area contributed by atoms with Crippen molar-refractivity contribution in [3.63, 3.8) is 0 Å². The van der Waals surface area contributed by atoms with Crippen LogP contribution in [-0.4, -0.2) is 11.8 Å². The summed E-state index contributed by atoms with van der Waals surface area (Å²) in [4.78, 5) is 24.4. The Bertz CT molecular complexity index is 923. The number of hydrogen-bond acceptors (Lipinski definition) is 3. The largest absolute Gasteiger partial charge is 0.455 e. The van der Waals surface area contributed by atoms with Gasteiger partial charge in [-0.1, -0.05) is 48.5 Å². The first-order valence-electron chi connectivity index (χ1n) is 8.13. The lowest BCUT2D eigenvalue weighted by Gasteiger charge is -2.12. The van der Waals surface area contributed by atoms with Crippen LogP contribution in [0.5, 0.6) is 11.5 Å². The van der Waals surface area contributed by atoms with Gasteiger partial charge in [-0.2, -0.15) is 0 Å². The Hall–Kier alpha value is -3.60. The molecular formula is C21H18N2O3. The van der Waals surface area contributed by atoms with E-state index in [9.17, 15) is 9.59 Å². The Morgan fingerprint density at radius 3 is 1.92 bits per heavy atom. The van der Waals surface area contributed by atoms with Gasteiger partial charge in [0.05, 0.1) is 5.69 Å². The molecule has 2 N–H and O–H groups in total. The number of rotatable bonds is 4. The number of hydrogen-bond donors (Lipinski definition) is 2. The average Bonchev–Trinajstić information content (AvgIpc) is 2.66. The standard InChI is InChI=1S/C21H18N2O3/c1-15-9-5-6-12-17(15)22-20(24)21(25)23-18-13-7-8-14-19(18)26-16-10-3-2-4-11-16/h2-14H,1H3,(H,22,24)(H,23,25). The van der Waals surface area contributed by atoms with Crippen molar-refractivity contribution in [3.05, 3.63) is 84.4 Å². The first-order valence-corrected chi connectivity index (χ1v) is 8.13. The maximum atomic E-state index is 12.3. The summed E-state index contributed by atoms with van der Waals surface area (Å²) in [6.45, 7) is 1.86.